The average Bonchev–Trinajstić information content (AvgIpc) is 2.76. The van der Waals surface area contributed by atoms with Crippen molar-refractivity contribution in [1.29, 1.82) is 0 Å². The quantitative estimate of drug-likeness (QED) is 0.436. The number of nitrogens with zero attached hydrogens (tertiary/aromatic N) is 3. The predicted molar refractivity (Wildman–Crippen MR) is 124 cm³/mol. The summed E-state index contributed by atoms with van der Waals surface area (Å²) in [5, 5.41) is 6.03. The maximum atomic E-state index is 12.7. The van der Waals surface area contributed by atoms with Gasteiger partial charge in [0.1, 0.15) is 11.6 Å². The Balaban J connectivity index is 1.70. The molecule has 9 nitrogen and oxygen atoms in total. The molecule has 0 saturated carbocycles. The van der Waals surface area contributed by atoms with Crippen LogP contribution in [0.2, 0.25) is 10.0 Å². The number of hydrogen-bond donors (Lipinski definition) is 2. The molecule has 0 radical (unpaired) electrons. The fraction of sp³-hybridized carbons (Fsp3) is 0.158. The van der Waals surface area contributed by atoms with Gasteiger partial charge >= 0.3 is 0 Å². The first-order valence-corrected chi connectivity index (χ1v) is 12.1. The van der Waals surface area contributed by atoms with Crippen LogP contribution in [0.4, 0.5) is 5.69 Å². The van der Waals surface area contributed by atoms with Crippen molar-refractivity contribution < 1.29 is 13.2 Å². The molecule has 1 amide bonds. The number of carbonyl (C=O) groups is 1. The Kier molecular flexibility index (Phi) is 8.01. The van der Waals surface area contributed by atoms with Crippen LogP contribution in [-0.4, -0.2) is 35.6 Å². The minimum atomic E-state index is -3.87. The molecular formula is C19H16BrCl2N5O4S. The Morgan fingerprint density at radius 3 is 2.69 bits per heavy atom. The number of amides is 1. The van der Waals surface area contributed by atoms with Crippen molar-refractivity contribution in [3.05, 3.63) is 79.4 Å². The molecule has 32 heavy (non-hydrogen) atoms. The third kappa shape index (κ3) is 6.14. The lowest BCUT2D eigenvalue weighted by Gasteiger charge is -2.12. The number of anilines is 1. The molecule has 0 fully saturated rings. The Bertz CT molecular complexity index is 1300. The molecule has 2 heterocycles. The third-order valence-electron chi connectivity index (χ3n) is 4.14. The molecule has 2 aromatic heterocycles. The first-order chi connectivity index (χ1) is 15.2. The minimum absolute atomic E-state index is 0.0216. The molecule has 2 N–H and O–H groups in total. The molecule has 0 unspecified atom stereocenters. The van der Waals surface area contributed by atoms with E-state index in [2.05, 4.69) is 36.1 Å². The summed E-state index contributed by atoms with van der Waals surface area (Å²) in [6, 6.07) is 9.71. The largest absolute Gasteiger partial charge is 0.324 e. The Morgan fingerprint density at radius 2 is 1.97 bits per heavy atom. The summed E-state index contributed by atoms with van der Waals surface area (Å²) in [6.45, 7) is -0.287. The number of rotatable bonds is 8. The summed E-state index contributed by atoms with van der Waals surface area (Å²) in [5.41, 5.74) is 0.253. The van der Waals surface area contributed by atoms with Gasteiger partial charge in [-0.1, -0.05) is 29.3 Å². The second-order valence-electron chi connectivity index (χ2n) is 6.43. The number of benzene rings is 1. The van der Waals surface area contributed by atoms with E-state index in [9.17, 15) is 18.0 Å². The van der Waals surface area contributed by atoms with Gasteiger partial charge in [0.25, 0.3) is 5.56 Å². The molecule has 0 bridgehead atoms. The summed E-state index contributed by atoms with van der Waals surface area (Å²) in [5.74, 6) is -0.605. The third-order valence-corrected chi connectivity index (χ3v) is 7.34. The molecule has 13 heteroatoms. The molecule has 0 atom stereocenters. The molecule has 0 spiro atoms. The van der Waals surface area contributed by atoms with Gasteiger partial charge in [0.15, 0.2) is 0 Å². The fourth-order valence-electron chi connectivity index (χ4n) is 2.62. The Labute approximate surface area is 202 Å². The average molecular weight is 561 g/mol. The van der Waals surface area contributed by atoms with E-state index < -0.39 is 28.0 Å². The molecule has 0 saturated heterocycles. The van der Waals surface area contributed by atoms with Crippen molar-refractivity contribution in [2.24, 2.45) is 0 Å². The van der Waals surface area contributed by atoms with Crippen LogP contribution < -0.4 is 15.6 Å². The van der Waals surface area contributed by atoms with Crippen LogP contribution >= 0.6 is 39.1 Å². The van der Waals surface area contributed by atoms with Crippen LogP contribution in [0.5, 0.6) is 0 Å². The summed E-state index contributed by atoms with van der Waals surface area (Å²) in [6.07, 6.45) is 3.20. The van der Waals surface area contributed by atoms with Gasteiger partial charge in [-0.25, -0.2) is 17.8 Å². The lowest BCUT2D eigenvalue weighted by Crippen LogP contribution is -2.30. The Morgan fingerprint density at radius 1 is 1.19 bits per heavy atom. The van der Waals surface area contributed by atoms with Gasteiger partial charge in [-0.05, 0) is 46.3 Å². The highest BCUT2D eigenvalue weighted by Crippen LogP contribution is 2.25. The van der Waals surface area contributed by atoms with Crippen molar-refractivity contribution >= 4 is 60.7 Å². The van der Waals surface area contributed by atoms with Crippen molar-refractivity contribution in [2.75, 3.05) is 11.9 Å². The van der Waals surface area contributed by atoms with E-state index >= 15 is 0 Å². The fourth-order valence-corrected chi connectivity index (χ4v) is 4.91. The van der Waals surface area contributed by atoms with Crippen molar-refractivity contribution in [2.45, 2.75) is 17.9 Å². The highest BCUT2D eigenvalue weighted by atomic mass is 79.9. The van der Waals surface area contributed by atoms with Crippen LogP contribution in [0.1, 0.15) is 5.69 Å². The molecular weight excluding hydrogens is 545 g/mol. The second-order valence-corrected chi connectivity index (χ2v) is 9.81. The summed E-state index contributed by atoms with van der Waals surface area (Å²) < 4.78 is 29.1. The lowest BCUT2D eigenvalue weighted by molar-refractivity contribution is -0.117. The van der Waals surface area contributed by atoms with Gasteiger partial charge in [0.05, 0.1) is 16.1 Å². The zero-order valence-electron chi connectivity index (χ0n) is 16.3. The molecule has 0 aliphatic heterocycles. The van der Waals surface area contributed by atoms with E-state index in [0.29, 0.717) is 10.9 Å². The van der Waals surface area contributed by atoms with Crippen molar-refractivity contribution in [1.82, 2.24) is 19.5 Å². The molecule has 0 aliphatic carbocycles. The minimum Gasteiger partial charge on any atom is -0.324 e. The van der Waals surface area contributed by atoms with Crippen LogP contribution in [0.25, 0.3) is 0 Å². The van der Waals surface area contributed by atoms with Gasteiger partial charge in [0.2, 0.25) is 15.9 Å². The zero-order valence-corrected chi connectivity index (χ0v) is 20.2. The SMILES string of the molecule is O=C(Cn1ncc(Cl)c(Cl)c1=O)Nc1ccc(Br)c(S(=O)(=O)NCCc2ccccn2)c1. The van der Waals surface area contributed by atoms with Gasteiger partial charge in [-0.2, -0.15) is 5.10 Å². The molecule has 1 aromatic carbocycles. The van der Waals surface area contributed by atoms with Crippen molar-refractivity contribution in [3.63, 3.8) is 0 Å². The monoisotopic (exact) mass is 559 g/mol. The Hall–Kier alpha value is -2.31. The summed E-state index contributed by atoms with van der Waals surface area (Å²) in [7, 11) is -3.87. The lowest BCUT2D eigenvalue weighted by atomic mass is 10.3. The second kappa shape index (κ2) is 10.5. The molecule has 3 rings (SSSR count). The summed E-state index contributed by atoms with van der Waals surface area (Å²) in [4.78, 5) is 28.4. The molecule has 3 aromatic rings. The topological polar surface area (TPSA) is 123 Å². The van der Waals surface area contributed by atoms with Crippen LogP contribution in [0.3, 0.4) is 0 Å². The van der Waals surface area contributed by atoms with E-state index in [1.807, 2.05) is 6.07 Å². The number of pyridine rings is 1. The van der Waals surface area contributed by atoms with E-state index in [1.165, 1.54) is 18.2 Å². The van der Waals surface area contributed by atoms with Gasteiger partial charge in [0, 0.05) is 35.0 Å². The number of hydrogen-bond acceptors (Lipinski definition) is 6. The van der Waals surface area contributed by atoms with Crippen molar-refractivity contribution in [3.8, 4) is 0 Å². The van der Waals surface area contributed by atoms with Gasteiger partial charge in [-0.3, -0.25) is 14.6 Å². The molecule has 0 aliphatic rings. The van der Waals surface area contributed by atoms with Gasteiger partial charge in [-0.15, -0.1) is 0 Å². The van der Waals surface area contributed by atoms with E-state index in [1.54, 1.807) is 18.3 Å². The van der Waals surface area contributed by atoms with Gasteiger partial charge < -0.3 is 5.32 Å². The first kappa shape index (κ1) is 24.3. The standard InChI is InChI=1S/C19H16BrCl2N5O4S/c20-14-5-4-13(26-17(28)11-27-19(29)18(22)15(21)10-24-27)9-16(14)32(30,31)25-8-6-12-3-1-2-7-23-12/h1-5,7,9-10,25H,6,8,11H2,(H,26,28). The maximum Gasteiger partial charge on any atom is 0.287 e. The normalized spacial score (nSPS) is 11.3. The van der Waals surface area contributed by atoms with Crippen LogP contribution in [0.15, 0.2) is 63.0 Å². The zero-order chi connectivity index (χ0) is 23.3. The maximum absolute atomic E-state index is 12.7. The van der Waals surface area contributed by atoms with E-state index in [0.717, 1.165) is 16.6 Å². The highest BCUT2D eigenvalue weighted by Gasteiger charge is 2.19. The van der Waals surface area contributed by atoms with Crippen LogP contribution in [-0.2, 0) is 27.8 Å². The predicted octanol–water partition coefficient (Wildman–Crippen LogP) is 2.87. The van der Waals surface area contributed by atoms with E-state index in [-0.39, 0.29) is 27.2 Å². The summed E-state index contributed by atoms with van der Waals surface area (Å²) >= 11 is 14.7. The highest BCUT2D eigenvalue weighted by molar-refractivity contribution is 9.10. The smallest absolute Gasteiger partial charge is 0.287 e. The number of carbonyl (C=O) groups excluding carboxylic acids is 1. The number of aromatic nitrogens is 3. The van der Waals surface area contributed by atoms with E-state index in [4.69, 9.17) is 23.2 Å². The van der Waals surface area contributed by atoms with Crippen LogP contribution in [0, 0.1) is 0 Å². The molecule has 168 valence electrons. The number of halogens is 3. The number of sulfonamides is 1. The number of nitrogens with one attached hydrogen (secondary N) is 2. The first-order valence-electron chi connectivity index (χ1n) is 9.07.